The van der Waals surface area contributed by atoms with Crippen LogP contribution >= 0.6 is 0 Å². The van der Waals surface area contributed by atoms with Gasteiger partial charge in [-0.15, -0.1) is 0 Å². The average Bonchev–Trinajstić information content (AvgIpc) is 2.93. The highest BCUT2D eigenvalue weighted by atomic mass is 16.5. The second-order valence-corrected chi connectivity index (χ2v) is 5.68. The second kappa shape index (κ2) is 8.78. The van der Waals surface area contributed by atoms with Gasteiger partial charge in [0.05, 0.1) is 19.8 Å². The molecule has 1 saturated heterocycles. The molecule has 1 aliphatic heterocycles. The first-order chi connectivity index (χ1) is 11.2. The minimum absolute atomic E-state index is 0.0744. The molecule has 2 heterocycles. The molecule has 24 heavy (non-hydrogen) atoms. The maximum Gasteiger partial charge on any atom is 0.275 e. The minimum atomic E-state index is -1.50. The van der Waals surface area contributed by atoms with Crippen molar-refractivity contribution in [2.24, 2.45) is 0 Å². The van der Waals surface area contributed by atoms with Gasteiger partial charge in [-0.05, 0) is 26.7 Å². The van der Waals surface area contributed by atoms with Gasteiger partial charge in [-0.1, -0.05) is 0 Å². The molecule has 2 atom stereocenters. The van der Waals surface area contributed by atoms with Crippen molar-refractivity contribution in [3.63, 3.8) is 0 Å². The zero-order valence-corrected chi connectivity index (χ0v) is 13.9. The summed E-state index contributed by atoms with van der Waals surface area (Å²) in [7, 11) is 1.39. The summed E-state index contributed by atoms with van der Waals surface area (Å²) in [5.74, 6) is -2.17. The summed E-state index contributed by atoms with van der Waals surface area (Å²) >= 11 is 0. The third kappa shape index (κ3) is 6.67. The lowest BCUT2D eigenvalue weighted by atomic mass is 10.2. The molecule has 0 spiro atoms. The van der Waals surface area contributed by atoms with Crippen LogP contribution in [-0.2, 0) is 4.74 Å². The molecule has 1 aromatic rings. The highest BCUT2D eigenvalue weighted by Gasteiger charge is 2.27. The zero-order chi connectivity index (χ0) is 18.3. The van der Waals surface area contributed by atoms with E-state index < -0.39 is 17.9 Å². The first-order valence-corrected chi connectivity index (χ1v) is 7.39. The molecule has 2 rings (SSSR count). The summed E-state index contributed by atoms with van der Waals surface area (Å²) in [5.41, 5.74) is -0.115. The van der Waals surface area contributed by atoms with Crippen molar-refractivity contribution < 1.29 is 34.7 Å². The molecule has 9 nitrogen and oxygen atoms in total. The van der Waals surface area contributed by atoms with E-state index in [-0.39, 0.29) is 29.9 Å². The number of rotatable bonds is 4. The van der Waals surface area contributed by atoms with Crippen molar-refractivity contribution in [2.45, 2.75) is 44.8 Å². The van der Waals surface area contributed by atoms with Crippen LogP contribution < -0.4 is 10.1 Å². The molecule has 5 N–H and O–H groups in total. The van der Waals surface area contributed by atoms with Crippen LogP contribution in [0.1, 0.15) is 37.2 Å². The first-order valence-electron chi connectivity index (χ1n) is 7.39. The molecular weight excluding hydrogens is 320 g/mol. The van der Waals surface area contributed by atoms with Gasteiger partial charge < -0.3 is 35.2 Å². The van der Waals surface area contributed by atoms with Gasteiger partial charge >= 0.3 is 0 Å². The standard InChI is InChI=1S/C12H16N2O5.C3H8O2/c1-18-8-4-5-13-10(11(8)16)12(17)14-9-3-2-7(6-15)19-9;1-3(2,4)5/h4-5,7,9,15-16H,2-3,6H2,1H3,(H,14,17);4-5H,1-2H3. The van der Waals surface area contributed by atoms with E-state index in [0.717, 1.165) is 0 Å². The Balaban J connectivity index is 0.000000505. The molecule has 0 saturated carbocycles. The predicted octanol–water partition coefficient (Wildman–Crippen LogP) is -0.270. The Kier molecular flexibility index (Phi) is 7.36. The van der Waals surface area contributed by atoms with Crippen molar-refractivity contribution in [1.29, 1.82) is 0 Å². The molecule has 9 heteroatoms. The summed E-state index contributed by atoms with van der Waals surface area (Å²) in [6.07, 6.45) is 1.94. The Morgan fingerprint density at radius 3 is 2.58 bits per heavy atom. The lowest BCUT2D eigenvalue weighted by molar-refractivity contribution is -0.127. The molecule has 1 aliphatic rings. The molecular formula is C15H24N2O7. The number of aromatic nitrogens is 1. The highest BCUT2D eigenvalue weighted by Crippen LogP contribution is 2.27. The van der Waals surface area contributed by atoms with E-state index in [4.69, 9.17) is 24.8 Å². The van der Waals surface area contributed by atoms with Gasteiger partial charge in [0.25, 0.3) is 5.91 Å². The fourth-order valence-corrected chi connectivity index (χ4v) is 1.93. The van der Waals surface area contributed by atoms with Gasteiger partial charge in [0, 0.05) is 12.3 Å². The predicted molar refractivity (Wildman–Crippen MR) is 83.4 cm³/mol. The summed E-state index contributed by atoms with van der Waals surface area (Å²) in [5, 5.41) is 37.5. The van der Waals surface area contributed by atoms with Crippen molar-refractivity contribution in [3.05, 3.63) is 18.0 Å². The summed E-state index contributed by atoms with van der Waals surface area (Å²) in [6.45, 7) is 2.52. The van der Waals surface area contributed by atoms with Gasteiger partial charge in [-0.3, -0.25) is 4.79 Å². The number of ether oxygens (including phenoxy) is 2. The van der Waals surface area contributed by atoms with Crippen molar-refractivity contribution >= 4 is 5.91 Å². The van der Waals surface area contributed by atoms with E-state index in [9.17, 15) is 9.90 Å². The number of nitrogens with zero attached hydrogens (tertiary/aromatic N) is 1. The van der Waals surface area contributed by atoms with Crippen LogP contribution in [0.25, 0.3) is 0 Å². The van der Waals surface area contributed by atoms with E-state index in [1.807, 2.05) is 0 Å². The normalized spacial score (nSPS) is 20.1. The van der Waals surface area contributed by atoms with Crippen LogP contribution in [0.15, 0.2) is 12.3 Å². The zero-order valence-electron chi connectivity index (χ0n) is 13.9. The van der Waals surface area contributed by atoms with Crippen LogP contribution in [0.4, 0.5) is 0 Å². The summed E-state index contributed by atoms with van der Waals surface area (Å²) in [6, 6.07) is 1.46. The lowest BCUT2D eigenvalue weighted by Gasteiger charge is -2.14. The molecule has 1 fully saturated rings. The Bertz CT molecular complexity index is 539. The monoisotopic (exact) mass is 344 g/mol. The van der Waals surface area contributed by atoms with Crippen molar-refractivity contribution in [2.75, 3.05) is 13.7 Å². The fourth-order valence-electron chi connectivity index (χ4n) is 1.93. The molecule has 136 valence electrons. The van der Waals surface area contributed by atoms with Gasteiger partial charge in [0.2, 0.25) is 0 Å². The number of carbonyl (C=O) groups excluding carboxylic acids is 1. The fraction of sp³-hybridized carbons (Fsp3) is 0.600. The van der Waals surface area contributed by atoms with E-state index in [0.29, 0.717) is 12.8 Å². The molecule has 0 aliphatic carbocycles. The Labute approximate surface area is 139 Å². The summed E-state index contributed by atoms with van der Waals surface area (Å²) in [4.78, 5) is 15.8. The number of hydrogen-bond acceptors (Lipinski definition) is 8. The van der Waals surface area contributed by atoms with Gasteiger partial charge in [-0.25, -0.2) is 4.98 Å². The molecule has 0 bridgehead atoms. The van der Waals surface area contributed by atoms with Gasteiger partial charge in [0.15, 0.2) is 23.0 Å². The topological polar surface area (TPSA) is 141 Å². The van der Waals surface area contributed by atoms with E-state index >= 15 is 0 Å². The maximum atomic E-state index is 12.0. The quantitative estimate of drug-likeness (QED) is 0.470. The van der Waals surface area contributed by atoms with Crippen LogP contribution in [0, 0.1) is 0 Å². The van der Waals surface area contributed by atoms with Gasteiger partial charge in [-0.2, -0.15) is 0 Å². The number of hydrogen-bond donors (Lipinski definition) is 5. The minimum Gasteiger partial charge on any atom is -0.503 e. The molecule has 0 radical (unpaired) electrons. The van der Waals surface area contributed by atoms with Crippen LogP contribution in [0.5, 0.6) is 11.5 Å². The molecule has 2 unspecified atom stereocenters. The average molecular weight is 344 g/mol. The Morgan fingerprint density at radius 1 is 1.46 bits per heavy atom. The van der Waals surface area contributed by atoms with Crippen LogP contribution in [-0.4, -0.2) is 63.2 Å². The SMILES string of the molecule is CC(C)(O)O.COc1ccnc(C(=O)NC2CCC(CO)O2)c1O. The number of aliphatic hydroxyl groups is 3. The number of nitrogens with one attached hydrogen (secondary N) is 1. The van der Waals surface area contributed by atoms with E-state index in [1.165, 1.54) is 33.2 Å². The smallest absolute Gasteiger partial charge is 0.275 e. The number of methoxy groups -OCH3 is 1. The lowest BCUT2D eigenvalue weighted by Crippen LogP contribution is -2.35. The third-order valence-corrected chi connectivity index (χ3v) is 2.93. The van der Waals surface area contributed by atoms with Crippen LogP contribution in [0.2, 0.25) is 0 Å². The second-order valence-electron chi connectivity index (χ2n) is 5.68. The molecule has 1 amide bonds. The van der Waals surface area contributed by atoms with Crippen molar-refractivity contribution in [1.82, 2.24) is 10.3 Å². The Morgan fingerprint density at radius 2 is 2.08 bits per heavy atom. The number of amides is 1. The molecule has 0 aromatic carbocycles. The first kappa shape index (κ1) is 20.1. The largest absolute Gasteiger partial charge is 0.503 e. The number of carbonyl (C=O) groups is 1. The number of aromatic hydroxyl groups is 1. The number of pyridine rings is 1. The van der Waals surface area contributed by atoms with Gasteiger partial charge in [0.1, 0.15) is 6.23 Å². The highest BCUT2D eigenvalue weighted by molar-refractivity contribution is 5.95. The van der Waals surface area contributed by atoms with E-state index in [1.54, 1.807) is 0 Å². The number of aliphatic hydroxyl groups excluding tert-OH is 1. The maximum absolute atomic E-state index is 12.0. The van der Waals surface area contributed by atoms with Crippen molar-refractivity contribution in [3.8, 4) is 11.5 Å². The molecule has 1 aromatic heterocycles. The van der Waals surface area contributed by atoms with E-state index in [2.05, 4.69) is 10.3 Å². The Hall–Kier alpha value is -1.94. The summed E-state index contributed by atoms with van der Waals surface area (Å²) < 4.78 is 10.3. The van der Waals surface area contributed by atoms with Crippen LogP contribution in [0.3, 0.4) is 0 Å². The third-order valence-electron chi connectivity index (χ3n) is 2.93.